The van der Waals surface area contributed by atoms with Crippen LogP contribution in [0.1, 0.15) is 169 Å². The van der Waals surface area contributed by atoms with E-state index in [2.05, 4.69) is 17.6 Å². The summed E-state index contributed by atoms with van der Waals surface area (Å²) >= 11 is 0. The molecule has 67 heavy (non-hydrogen) atoms. The van der Waals surface area contributed by atoms with Gasteiger partial charge in [-0.3, -0.25) is 34.2 Å². The third kappa shape index (κ3) is 26.8. The van der Waals surface area contributed by atoms with Crippen LogP contribution in [0, 0.1) is 0 Å². The van der Waals surface area contributed by atoms with Gasteiger partial charge in [-0.2, -0.15) is 0 Å². The highest BCUT2D eigenvalue weighted by Gasteiger charge is 2.45. The zero-order chi connectivity index (χ0) is 47.8. The van der Waals surface area contributed by atoms with Crippen LogP contribution >= 0.6 is 0 Å². The molecule has 0 aromatic heterocycles. The lowest BCUT2D eigenvalue weighted by Crippen LogP contribution is -2.54. The fourth-order valence-corrected chi connectivity index (χ4v) is 7.89. The monoisotopic (exact) mass is 948 g/mol. The van der Waals surface area contributed by atoms with Gasteiger partial charge in [0.2, 0.25) is 17.7 Å². The molecule has 2 N–H and O–H groups in total. The van der Waals surface area contributed by atoms with Crippen molar-refractivity contribution in [3.05, 3.63) is 29.3 Å². The highest BCUT2D eigenvalue weighted by atomic mass is 16.6. The molecule has 2 aliphatic rings. The highest BCUT2D eigenvalue weighted by Crippen LogP contribution is 2.32. The van der Waals surface area contributed by atoms with Crippen molar-refractivity contribution in [1.82, 2.24) is 10.2 Å². The first-order valence-electron chi connectivity index (χ1n) is 25.7. The Bertz CT molecular complexity index is 1500. The van der Waals surface area contributed by atoms with E-state index in [0.29, 0.717) is 106 Å². The molecule has 3 rings (SSSR count). The largest absolute Gasteiger partial charge is 0.379 e. The van der Waals surface area contributed by atoms with Crippen LogP contribution in [0.2, 0.25) is 0 Å². The first-order chi connectivity index (χ1) is 32.9. The number of rotatable bonds is 46. The molecule has 0 radical (unpaired) electrons. The molecule has 1 atom stereocenters. The van der Waals surface area contributed by atoms with E-state index in [1.807, 2.05) is 0 Å². The normalized spacial score (nSPS) is 14.9. The molecule has 2 heterocycles. The lowest BCUT2D eigenvalue weighted by molar-refractivity contribution is -0.136. The van der Waals surface area contributed by atoms with Gasteiger partial charge in [0.25, 0.3) is 11.8 Å². The topological polar surface area (TPSA) is 186 Å². The van der Waals surface area contributed by atoms with Crippen LogP contribution in [0.15, 0.2) is 18.2 Å². The predicted octanol–water partition coefficient (Wildman–Crippen LogP) is 7.98. The summed E-state index contributed by atoms with van der Waals surface area (Å²) in [6.07, 6.45) is 24.5. The minimum Gasteiger partial charge on any atom is -0.379 e. The van der Waals surface area contributed by atoms with Crippen LogP contribution in [-0.4, -0.2) is 146 Å². The molecule has 1 saturated heterocycles. The number of nitrogens with zero attached hydrogens (tertiary/aromatic N) is 1. The van der Waals surface area contributed by atoms with Crippen molar-refractivity contribution in [2.75, 3.05) is 111 Å². The molecule has 0 spiro atoms. The molecular formula is C51H85N3O13. The molecule has 16 nitrogen and oxygen atoms in total. The number of fused-ring (bicyclic) bond motifs is 1. The van der Waals surface area contributed by atoms with Crippen molar-refractivity contribution >= 4 is 35.2 Å². The van der Waals surface area contributed by atoms with Gasteiger partial charge in [0.15, 0.2) is 0 Å². The second-order valence-corrected chi connectivity index (χ2v) is 17.2. The summed E-state index contributed by atoms with van der Waals surface area (Å²) in [6.45, 7) is 10.7. The van der Waals surface area contributed by atoms with Gasteiger partial charge >= 0.3 is 0 Å². The van der Waals surface area contributed by atoms with Crippen molar-refractivity contribution < 1.29 is 61.9 Å². The van der Waals surface area contributed by atoms with Crippen LogP contribution in [0.5, 0.6) is 0 Å². The van der Waals surface area contributed by atoms with Crippen LogP contribution in [0.4, 0.5) is 5.69 Å². The molecule has 1 fully saturated rings. The van der Waals surface area contributed by atoms with E-state index in [1.165, 1.54) is 102 Å². The van der Waals surface area contributed by atoms with Crippen LogP contribution in [0.3, 0.4) is 0 Å². The predicted molar refractivity (Wildman–Crippen MR) is 256 cm³/mol. The van der Waals surface area contributed by atoms with E-state index in [1.54, 1.807) is 12.1 Å². The zero-order valence-electron chi connectivity index (χ0n) is 40.9. The molecule has 0 aliphatic carbocycles. The summed E-state index contributed by atoms with van der Waals surface area (Å²) in [6, 6.07) is 3.55. The summed E-state index contributed by atoms with van der Waals surface area (Å²) in [4.78, 5) is 63.7. The Hall–Kier alpha value is -3.35. The minimum absolute atomic E-state index is 0.0313. The molecule has 1 unspecified atom stereocenters. The maximum absolute atomic E-state index is 13.2. The van der Waals surface area contributed by atoms with E-state index >= 15 is 0 Å². The quantitative estimate of drug-likeness (QED) is 0.0474. The van der Waals surface area contributed by atoms with Crippen molar-refractivity contribution in [3.63, 3.8) is 0 Å². The van der Waals surface area contributed by atoms with Crippen LogP contribution in [-0.2, 0) is 52.3 Å². The summed E-state index contributed by atoms with van der Waals surface area (Å²) < 4.78 is 44.6. The summed E-state index contributed by atoms with van der Waals surface area (Å²) in [5, 5.41) is 4.92. The van der Waals surface area contributed by atoms with Crippen molar-refractivity contribution in [2.45, 2.75) is 154 Å². The molecule has 2 aliphatic heterocycles. The van der Waals surface area contributed by atoms with Gasteiger partial charge in [-0.1, -0.05) is 116 Å². The molecule has 0 saturated carbocycles. The average Bonchev–Trinajstić information content (AvgIpc) is 3.57. The summed E-state index contributed by atoms with van der Waals surface area (Å²) in [5.74, 6) is -2.69. The number of piperidine rings is 1. The SMILES string of the molecule is CCCCCCCCCCCCCCCCCCOCCOCCOCCOCCOCCOCCOCCOCCCCCC(=O)Nc1cccc2c1C(=O)N(C1CCC(=O)NC1=O)C2=O. The van der Waals surface area contributed by atoms with E-state index in [4.69, 9.17) is 37.9 Å². The molecule has 5 amide bonds. The lowest BCUT2D eigenvalue weighted by atomic mass is 10.0. The number of nitrogens with one attached hydrogen (secondary N) is 2. The third-order valence-corrected chi connectivity index (χ3v) is 11.7. The first-order valence-corrected chi connectivity index (χ1v) is 25.7. The molecular weight excluding hydrogens is 863 g/mol. The van der Waals surface area contributed by atoms with Gasteiger partial charge in [-0.25, -0.2) is 0 Å². The Morgan fingerprint density at radius 3 is 1.33 bits per heavy atom. The van der Waals surface area contributed by atoms with Crippen LogP contribution < -0.4 is 10.6 Å². The number of hydrogen-bond donors (Lipinski definition) is 2. The molecule has 1 aromatic rings. The summed E-state index contributed by atoms with van der Waals surface area (Å²) in [5.41, 5.74) is 0.396. The Labute approximate surface area is 400 Å². The minimum atomic E-state index is -1.07. The summed E-state index contributed by atoms with van der Waals surface area (Å²) in [7, 11) is 0. The van der Waals surface area contributed by atoms with Gasteiger partial charge in [0.05, 0.1) is 109 Å². The maximum atomic E-state index is 13.2. The number of carbonyl (C=O) groups excluding carboxylic acids is 5. The number of anilines is 1. The number of carbonyl (C=O) groups is 5. The number of ether oxygens (including phenoxy) is 8. The zero-order valence-corrected chi connectivity index (χ0v) is 40.9. The number of imide groups is 2. The Balaban J connectivity index is 0.960. The van der Waals surface area contributed by atoms with Gasteiger partial charge in [0, 0.05) is 26.1 Å². The fourth-order valence-electron chi connectivity index (χ4n) is 7.89. The number of benzene rings is 1. The average molecular weight is 948 g/mol. The molecule has 16 heteroatoms. The number of amides is 5. The van der Waals surface area contributed by atoms with E-state index in [-0.39, 0.29) is 42.0 Å². The molecule has 382 valence electrons. The van der Waals surface area contributed by atoms with Crippen LogP contribution in [0.25, 0.3) is 0 Å². The molecule has 0 bridgehead atoms. The van der Waals surface area contributed by atoms with Gasteiger partial charge in [-0.05, 0) is 37.8 Å². The first kappa shape index (κ1) is 58.0. The van der Waals surface area contributed by atoms with E-state index in [0.717, 1.165) is 30.8 Å². The molecule has 1 aromatic carbocycles. The lowest BCUT2D eigenvalue weighted by Gasteiger charge is -2.27. The second kappa shape index (κ2) is 39.5. The number of unbranched alkanes of at least 4 members (excludes halogenated alkanes) is 17. The second-order valence-electron chi connectivity index (χ2n) is 17.2. The Morgan fingerprint density at radius 1 is 0.522 bits per heavy atom. The van der Waals surface area contributed by atoms with E-state index in [9.17, 15) is 24.0 Å². The Morgan fingerprint density at radius 2 is 0.910 bits per heavy atom. The van der Waals surface area contributed by atoms with E-state index < -0.39 is 29.7 Å². The smallest absolute Gasteiger partial charge is 0.264 e. The highest BCUT2D eigenvalue weighted by molar-refractivity contribution is 6.26. The standard InChI is InChI=1S/C51H85N3O13/c1-2-3-4-5-6-7-8-9-10-11-12-13-14-15-16-19-27-60-29-31-62-33-35-64-37-39-66-41-42-67-40-38-65-36-34-63-32-30-61-28-20-17-18-24-46(55)52-44-23-21-22-43-48(44)51(59)54(50(43)58)45-25-26-47(56)53-49(45)57/h21-23,45H,2-20,24-42H2,1H3,(H,52,55)(H,53,56,57). The van der Waals surface area contributed by atoms with Crippen molar-refractivity contribution in [1.29, 1.82) is 0 Å². The van der Waals surface area contributed by atoms with Gasteiger partial charge < -0.3 is 43.2 Å². The van der Waals surface area contributed by atoms with Gasteiger partial charge in [-0.15, -0.1) is 0 Å². The maximum Gasteiger partial charge on any atom is 0.264 e. The van der Waals surface area contributed by atoms with Crippen molar-refractivity contribution in [2.24, 2.45) is 0 Å². The van der Waals surface area contributed by atoms with Crippen molar-refractivity contribution in [3.8, 4) is 0 Å². The Kier molecular flexibility index (Phi) is 34.2. The van der Waals surface area contributed by atoms with Gasteiger partial charge in [0.1, 0.15) is 6.04 Å². The fraction of sp³-hybridized carbons (Fsp3) is 0.784. The third-order valence-electron chi connectivity index (χ3n) is 11.7. The number of hydrogen-bond acceptors (Lipinski definition) is 13.